The first-order valence-corrected chi connectivity index (χ1v) is 9.17. The summed E-state index contributed by atoms with van der Waals surface area (Å²) in [6, 6.07) is 11.0. The van der Waals surface area contributed by atoms with Crippen molar-refractivity contribution in [3.63, 3.8) is 0 Å². The third kappa shape index (κ3) is 4.68. The second-order valence-corrected chi connectivity index (χ2v) is 6.73. The highest BCUT2D eigenvalue weighted by molar-refractivity contribution is 6.02. The van der Waals surface area contributed by atoms with Crippen LogP contribution in [0.1, 0.15) is 48.1 Å². The summed E-state index contributed by atoms with van der Waals surface area (Å²) in [5, 5.41) is 12.1. The number of benzene rings is 1. The van der Waals surface area contributed by atoms with Crippen LogP contribution in [0.4, 0.5) is 0 Å². The van der Waals surface area contributed by atoms with E-state index in [0.717, 1.165) is 22.6 Å². The number of nitrogens with one attached hydrogen (secondary N) is 1. The monoisotopic (exact) mass is 379 g/mol. The number of amides is 1. The Labute approximate surface area is 165 Å². The Morgan fingerprint density at radius 1 is 1.25 bits per heavy atom. The zero-order valence-corrected chi connectivity index (χ0v) is 16.9. The van der Waals surface area contributed by atoms with Crippen LogP contribution in [0.15, 0.2) is 35.9 Å². The fourth-order valence-electron chi connectivity index (χ4n) is 2.94. The predicted molar refractivity (Wildman–Crippen MR) is 108 cm³/mol. The lowest BCUT2D eigenvalue weighted by molar-refractivity contribution is -0.117. The zero-order chi connectivity index (χ0) is 20.8. The molecule has 1 N–H and O–H groups in total. The largest absolute Gasteiger partial charge is 0.462 e. The predicted octanol–water partition coefficient (Wildman–Crippen LogP) is 3.70. The van der Waals surface area contributed by atoms with Crippen LogP contribution in [0.5, 0.6) is 0 Å². The van der Waals surface area contributed by atoms with Gasteiger partial charge in [0.25, 0.3) is 5.91 Å². The van der Waals surface area contributed by atoms with Crippen molar-refractivity contribution in [1.29, 1.82) is 5.26 Å². The Morgan fingerprint density at radius 2 is 1.89 bits per heavy atom. The van der Waals surface area contributed by atoms with Gasteiger partial charge in [-0.25, -0.2) is 4.79 Å². The van der Waals surface area contributed by atoms with Gasteiger partial charge in [-0.3, -0.25) is 4.79 Å². The summed E-state index contributed by atoms with van der Waals surface area (Å²) in [4.78, 5) is 24.0. The molecule has 2 aromatic rings. The Hall–Kier alpha value is -3.33. The van der Waals surface area contributed by atoms with Gasteiger partial charge < -0.3 is 14.6 Å². The van der Waals surface area contributed by atoms with E-state index in [1.54, 1.807) is 25.1 Å². The van der Waals surface area contributed by atoms with E-state index in [0.29, 0.717) is 12.2 Å². The van der Waals surface area contributed by atoms with Gasteiger partial charge in [-0.2, -0.15) is 5.26 Å². The van der Waals surface area contributed by atoms with Gasteiger partial charge in [0.2, 0.25) is 0 Å². The average Bonchev–Trinajstić information content (AvgIpc) is 2.92. The van der Waals surface area contributed by atoms with Crippen LogP contribution in [0, 0.1) is 25.2 Å². The van der Waals surface area contributed by atoms with E-state index in [-0.39, 0.29) is 23.5 Å². The van der Waals surface area contributed by atoms with Crippen molar-refractivity contribution >= 4 is 18.0 Å². The molecule has 0 atom stereocenters. The first kappa shape index (κ1) is 21.0. The Bertz CT molecular complexity index is 945. The summed E-state index contributed by atoms with van der Waals surface area (Å²) in [6.07, 6.45) is 1.60. The molecule has 2 rings (SSSR count). The summed E-state index contributed by atoms with van der Waals surface area (Å²) in [7, 11) is 0. The standard InChI is InChI=1S/C22H25N3O3/c1-6-28-22(27)17-7-9-20(10-8-17)25-15(4)11-18(16(25)5)12-19(13-23)21(26)24-14(2)3/h7-12,14H,6H2,1-5H3,(H,24,26)/b19-12+. The summed E-state index contributed by atoms with van der Waals surface area (Å²) < 4.78 is 7.02. The first-order valence-electron chi connectivity index (χ1n) is 9.17. The van der Waals surface area contributed by atoms with Crippen molar-refractivity contribution in [3.05, 3.63) is 58.4 Å². The van der Waals surface area contributed by atoms with Gasteiger partial charge >= 0.3 is 5.97 Å². The number of hydrogen-bond acceptors (Lipinski definition) is 4. The van der Waals surface area contributed by atoms with Crippen molar-refractivity contribution in [3.8, 4) is 11.8 Å². The Balaban J connectivity index is 2.38. The molecular formula is C22H25N3O3. The van der Waals surface area contributed by atoms with E-state index in [4.69, 9.17) is 4.74 Å². The van der Waals surface area contributed by atoms with E-state index in [1.807, 2.05) is 56.5 Å². The lowest BCUT2D eigenvalue weighted by atomic mass is 10.1. The van der Waals surface area contributed by atoms with Gasteiger partial charge in [0, 0.05) is 23.1 Å². The highest BCUT2D eigenvalue weighted by Crippen LogP contribution is 2.23. The molecule has 0 unspecified atom stereocenters. The van der Waals surface area contributed by atoms with Crippen LogP contribution in [-0.4, -0.2) is 29.1 Å². The van der Waals surface area contributed by atoms with Gasteiger partial charge in [-0.05, 0) is 76.6 Å². The number of hydrogen-bond donors (Lipinski definition) is 1. The summed E-state index contributed by atoms with van der Waals surface area (Å²) in [5.74, 6) is -0.741. The fourth-order valence-corrected chi connectivity index (χ4v) is 2.94. The number of rotatable bonds is 6. The maximum atomic E-state index is 12.2. The molecule has 0 aliphatic carbocycles. The molecule has 1 heterocycles. The molecule has 6 heteroatoms. The Morgan fingerprint density at radius 3 is 2.43 bits per heavy atom. The van der Waals surface area contributed by atoms with E-state index < -0.39 is 0 Å². The van der Waals surface area contributed by atoms with Crippen molar-refractivity contribution in [2.45, 2.75) is 40.7 Å². The van der Waals surface area contributed by atoms with Gasteiger partial charge in [0.05, 0.1) is 12.2 Å². The van der Waals surface area contributed by atoms with Gasteiger partial charge in [-0.1, -0.05) is 0 Å². The molecule has 1 aromatic heterocycles. The molecule has 0 radical (unpaired) electrons. The lowest BCUT2D eigenvalue weighted by Crippen LogP contribution is -2.30. The minimum Gasteiger partial charge on any atom is -0.462 e. The molecule has 0 saturated carbocycles. The van der Waals surface area contributed by atoms with Crippen molar-refractivity contribution < 1.29 is 14.3 Å². The molecule has 0 spiro atoms. The smallest absolute Gasteiger partial charge is 0.338 e. The number of carbonyl (C=O) groups is 2. The number of aryl methyl sites for hydroxylation is 1. The highest BCUT2D eigenvalue weighted by Gasteiger charge is 2.15. The first-order chi connectivity index (χ1) is 13.3. The molecule has 0 fully saturated rings. The highest BCUT2D eigenvalue weighted by atomic mass is 16.5. The molecule has 6 nitrogen and oxygen atoms in total. The summed E-state index contributed by atoms with van der Waals surface area (Å²) in [6.45, 7) is 9.66. The van der Waals surface area contributed by atoms with Crippen molar-refractivity contribution in [1.82, 2.24) is 9.88 Å². The topological polar surface area (TPSA) is 84.1 Å². The van der Waals surface area contributed by atoms with Crippen LogP contribution in [0.25, 0.3) is 11.8 Å². The maximum Gasteiger partial charge on any atom is 0.338 e. The number of aromatic nitrogens is 1. The van der Waals surface area contributed by atoms with Crippen LogP contribution in [-0.2, 0) is 9.53 Å². The van der Waals surface area contributed by atoms with Gasteiger partial charge in [0.15, 0.2) is 0 Å². The molecule has 28 heavy (non-hydrogen) atoms. The van der Waals surface area contributed by atoms with E-state index >= 15 is 0 Å². The number of nitrogens with zero attached hydrogens (tertiary/aromatic N) is 2. The van der Waals surface area contributed by atoms with Crippen LogP contribution in [0.2, 0.25) is 0 Å². The number of ether oxygens (including phenoxy) is 1. The lowest BCUT2D eigenvalue weighted by Gasteiger charge is -2.11. The maximum absolute atomic E-state index is 12.2. The summed E-state index contributed by atoms with van der Waals surface area (Å²) >= 11 is 0. The fraction of sp³-hybridized carbons (Fsp3) is 0.318. The third-order valence-electron chi connectivity index (χ3n) is 4.19. The van der Waals surface area contributed by atoms with Crippen molar-refractivity contribution in [2.24, 2.45) is 0 Å². The molecular weight excluding hydrogens is 354 g/mol. The van der Waals surface area contributed by atoms with Crippen LogP contribution in [0.3, 0.4) is 0 Å². The number of esters is 1. The Kier molecular flexibility index (Phi) is 6.78. The molecule has 0 aliphatic rings. The van der Waals surface area contributed by atoms with Gasteiger partial charge in [0.1, 0.15) is 11.6 Å². The molecule has 0 saturated heterocycles. The minimum atomic E-state index is -0.388. The minimum absolute atomic E-state index is 0.0467. The second kappa shape index (κ2) is 9.05. The third-order valence-corrected chi connectivity index (χ3v) is 4.19. The van der Waals surface area contributed by atoms with Crippen LogP contribution >= 0.6 is 0 Å². The molecule has 1 aromatic carbocycles. The van der Waals surface area contributed by atoms with E-state index in [1.165, 1.54) is 0 Å². The van der Waals surface area contributed by atoms with E-state index in [9.17, 15) is 14.9 Å². The average molecular weight is 379 g/mol. The molecule has 0 bridgehead atoms. The number of carbonyl (C=O) groups excluding carboxylic acids is 2. The van der Waals surface area contributed by atoms with Crippen LogP contribution < -0.4 is 5.32 Å². The summed E-state index contributed by atoms with van der Waals surface area (Å²) in [5.41, 5.74) is 4.08. The molecule has 1 amide bonds. The number of nitriles is 1. The van der Waals surface area contributed by atoms with Crippen molar-refractivity contribution in [2.75, 3.05) is 6.61 Å². The molecule has 146 valence electrons. The normalized spacial score (nSPS) is 11.2. The zero-order valence-electron chi connectivity index (χ0n) is 16.9. The SMILES string of the molecule is CCOC(=O)c1ccc(-n2c(C)cc(/C=C(\C#N)C(=O)NC(C)C)c2C)cc1. The second-order valence-electron chi connectivity index (χ2n) is 6.73. The molecule has 0 aliphatic heterocycles. The van der Waals surface area contributed by atoms with E-state index in [2.05, 4.69) is 5.32 Å². The van der Waals surface area contributed by atoms with Gasteiger partial charge in [-0.15, -0.1) is 0 Å². The quantitative estimate of drug-likeness (QED) is 0.471.